The van der Waals surface area contributed by atoms with Crippen molar-refractivity contribution in [3.63, 3.8) is 0 Å². The highest BCUT2D eigenvalue weighted by atomic mass is 16.5. The molecule has 0 aliphatic rings. The fraction of sp³-hybridized carbons (Fsp3) is 0.556. The van der Waals surface area contributed by atoms with Crippen LogP contribution in [-0.2, 0) is 14.3 Å². The Labute approximate surface area is 78.1 Å². The fourth-order valence-electron chi connectivity index (χ4n) is 0.637. The van der Waals surface area contributed by atoms with Crippen LogP contribution in [0.25, 0.3) is 0 Å². The molecule has 0 amide bonds. The molecule has 0 heterocycles. The molecule has 1 N–H and O–H groups in total. The maximum Gasteiger partial charge on any atom is 0.333 e. The van der Waals surface area contributed by atoms with E-state index in [1.54, 1.807) is 0 Å². The van der Waals surface area contributed by atoms with E-state index in [0.29, 0.717) is 5.57 Å². The van der Waals surface area contributed by atoms with Crippen LogP contribution >= 0.6 is 0 Å². The summed E-state index contributed by atoms with van der Waals surface area (Å²) in [6.07, 6.45) is 3.59. The van der Waals surface area contributed by atoms with Gasteiger partial charge in [0.2, 0.25) is 6.08 Å². The van der Waals surface area contributed by atoms with Gasteiger partial charge in [0.1, 0.15) is 0 Å². The van der Waals surface area contributed by atoms with E-state index in [-0.39, 0.29) is 5.97 Å². The molecule has 0 rings (SSSR count). The lowest BCUT2D eigenvalue weighted by Crippen LogP contribution is -2.02. The minimum absolute atomic E-state index is 0.284. The standard InChI is InChI=1S/C8H14O2.CHNO/c1-4-5-6-7(2)8(9)10-3;2-1-3/h2,4-6H2,1,3H3;2H. The Morgan fingerprint density at radius 2 is 2.08 bits per heavy atom. The van der Waals surface area contributed by atoms with Crippen LogP contribution in [0.4, 0.5) is 0 Å². The maximum atomic E-state index is 10.7. The lowest BCUT2D eigenvalue weighted by molar-refractivity contribution is -0.136. The van der Waals surface area contributed by atoms with Crippen LogP contribution in [0.2, 0.25) is 0 Å². The number of isocyanates is 1. The lowest BCUT2D eigenvalue weighted by Gasteiger charge is -2.00. The summed E-state index contributed by atoms with van der Waals surface area (Å²) in [5.41, 5.74) is 0.573. The largest absolute Gasteiger partial charge is 0.466 e. The van der Waals surface area contributed by atoms with E-state index >= 15 is 0 Å². The number of hydrogen-bond acceptors (Lipinski definition) is 4. The second-order valence-electron chi connectivity index (χ2n) is 2.30. The van der Waals surface area contributed by atoms with Crippen molar-refractivity contribution in [1.29, 1.82) is 5.41 Å². The molecule has 0 unspecified atom stereocenters. The van der Waals surface area contributed by atoms with Gasteiger partial charge in [-0.05, 0) is 12.8 Å². The Hall–Kier alpha value is -1.41. The Kier molecular flexibility index (Phi) is 11.5. The third-order valence-electron chi connectivity index (χ3n) is 1.31. The van der Waals surface area contributed by atoms with Crippen LogP contribution in [0.5, 0.6) is 0 Å². The zero-order valence-corrected chi connectivity index (χ0v) is 8.05. The van der Waals surface area contributed by atoms with Crippen molar-refractivity contribution < 1.29 is 14.3 Å². The van der Waals surface area contributed by atoms with Crippen molar-refractivity contribution in [3.8, 4) is 0 Å². The van der Waals surface area contributed by atoms with E-state index < -0.39 is 0 Å². The molecule has 0 aliphatic carbocycles. The number of unbranched alkanes of at least 4 members (excludes halogenated alkanes) is 1. The van der Waals surface area contributed by atoms with Gasteiger partial charge in [-0.1, -0.05) is 19.9 Å². The summed E-state index contributed by atoms with van der Waals surface area (Å²) in [5, 5.41) is 5.40. The third kappa shape index (κ3) is 10.6. The van der Waals surface area contributed by atoms with E-state index in [1.165, 1.54) is 7.11 Å². The summed E-state index contributed by atoms with van der Waals surface area (Å²) in [5.74, 6) is -0.284. The molecule has 4 nitrogen and oxygen atoms in total. The Morgan fingerprint density at radius 1 is 1.62 bits per heavy atom. The molecule has 0 bridgehead atoms. The van der Waals surface area contributed by atoms with Crippen LogP contribution < -0.4 is 0 Å². The normalized spacial score (nSPS) is 7.54. The van der Waals surface area contributed by atoms with Crippen LogP contribution in [0.1, 0.15) is 26.2 Å². The predicted octanol–water partition coefficient (Wildman–Crippen LogP) is 1.81. The first-order chi connectivity index (χ1) is 6.13. The zero-order valence-electron chi connectivity index (χ0n) is 8.05. The molecule has 13 heavy (non-hydrogen) atoms. The molecule has 0 aromatic carbocycles. The fourth-order valence-corrected chi connectivity index (χ4v) is 0.637. The third-order valence-corrected chi connectivity index (χ3v) is 1.31. The molecule has 4 heteroatoms. The summed E-state index contributed by atoms with van der Waals surface area (Å²) in [4.78, 5) is 19.0. The molecule has 0 saturated heterocycles. The first-order valence-corrected chi connectivity index (χ1v) is 3.93. The average molecular weight is 185 g/mol. The summed E-state index contributed by atoms with van der Waals surface area (Å²) < 4.78 is 4.47. The second-order valence-corrected chi connectivity index (χ2v) is 2.30. The van der Waals surface area contributed by atoms with Gasteiger partial charge in [-0.25, -0.2) is 15.0 Å². The number of carbonyl (C=O) groups is 1. The highest BCUT2D eigenvalue weighted by Crippen LogP contribution is 2.05. The van der Waals surface area contributed by atoms with Gasteiger partial charge in [-0.3, -0.25) is 0 Å². The number of ether oxygens (including phenoxy) is 1. The summed E-state index contributed by atoms with van der Waals surface area (Å²) in [6, 6.07) is 0. The Morgan fingerprint density at radius 3 is 2.38 bits per heavy atom. The van der Waals surface area contributed by atoms with Crippen LogP contribution in [-0.4, -0.2) is 19.2 Å². The number of hydrogen-bond donors (Lipinski definition) is 1. The Bertz CT molecular complexity index is 193. The molecule has 0 atom stereocenters. The number of rotatable bonds is 4. The van der Waals surface area contributed by atoms with E-state index in [4.69, 9.17) is 10.2 Å². The summed E-state index contributed by atoms with van der Waals surface area (Å²) in [6.45, 7) is 5.66. The molecular formula is C9H15NO3. The van der Waals surface area contributed by atoms with Crippen LogP contribution in [0, 0.1) is 5.41 Å². The van der Waals surface area contributed by atoms with Gasteiger partial charge in [0, 0.05) is 5.57 Å². The van der Waals surface area contributed by atoms with Gasteiger partial charge in [-0.15, -0.1) is 0 Å². The summed E-state index contributed by atoms with van der Waals surface area (Å²) in [7, 11) is 1.37. The highest BCUT2D eigenvalue weighted by molar-refractivity contribution is 5.87. The number of carbonyl (C=O) groups excluding carboxylic acids is 2. The van der Waals surface area contributed by atoms with E-state index in [0.717, 1.165) is 25.3 Å². The van der Waals surface area contributed by atoms with Crippen molar-refractivity contribution in [2.45, 2.75) is 26.2 Å². The first-order valence-electron chi connectivity index (χ1n) is 3.93. The molecule has 0 radical (unpaired) electrons. The van der Waals surface area contributed by atoms with Gasteiger partial charge < -0.3 is 4.74 Å². The van der Waals surface area contributed by atoms with Crippen molar-refractivity contribution in [2.24, 2.45) is 0 Å². The number of nitrogens with one attached hydrogen (secondary N) is 1. The molecule has 0 aliphatic heterocycles. The smallest absolute Gasteiger partial charge is 0.333 e. The minimum Gasteiger partial charge on any atom is -0.466 e. The highest BCUT2D eigenvalue weighted by Gasteiger charge is 2.03. The molecule has 0 aromatic heterocycles. The van der Waals surface area contributed by atoms with Crippen molar-refractivity contribution in [2.75, 3.05) is 7.11 Å². The van der Waals surface area contributed by atoms with Gasteiger partial charge >= 0.3 is 5.97 Å². The molecule has 0 spiro atoms. The van der Waals surface area contributed by atoms with Gasteiger partial charge in [0.15, 0.2) is 0 Å². The molecule has 74 valence electrons. The maximum absolute atomic E-state index is 10.7. The van der Waals surface area contributed by atoms with Crippen LogP contribution in [0.3, 0.4) is 0 Å². The van der Waals surface area contributed by atoms with Crippen LogP contribution in [0.15, 0.2) is 12.2 Å². The zero-order chi connectivity index (χ0) is 10.7. The van der Waals surface area contributed by atoms with E-state index in [1.807, 2.05) is 0 Å². The van der Waals surface area contributed by atoms with Gasteiger partial charge in [0.25, 0.3) is 0 Å². The molecule has 0 fully saturated rings. The number of esters is 1. The quantitative estimate of drug-likeness (QED) is 0.314. The van der Waals surface area contributed by atoms with Crippen molar-refractivity contribution in [1.82, 2.24) is 0 Å². The SMILES string of the molecule is C=C(CCCC)C(=O)OC.N=C=O. The minimum atomic E-state index is -0.284. The monoisotopic (exact) mass is 185 g/mol. The molecular weight excluding hydrogens is 170 g/mol. The summed E-state index contributed by atoms with van der Waals surface area (Å²) >= 11 is 0. The van der Waals surface area contributed by atoms with E-state index in [2.05, 4.69) is 18.2 Å². The molecule has 0 aromatic rings. The Balaban J connectivity index is 0. The average Bonchev–Trinajstić information content (AvgIpc) is 2.14. The second kappa shape index (κ2) is 10.6. The first kappa shape index (κ1) is 14.1. The van der Waals surface area contributed by atoms with Gasteiger partial charge in [0.05, 0.1) is 7.11 Å². The molecule has 0 saturated carbocycles. The van der Waals surface area contributed by atoms with Crippen molar-refractivity contribution in [3.05, 3.63) is 12.2 Å². The van der Waals surface area contributed by atoms with Crippen molar-refractivity contribution >= 4 is 12.0 Å². The topological polar surface area (TPSA) is 67.2 Å². The number of methoxy groups -OCH3 is 1. The predicted molar refractivity (Wildman–Crippen MR) is 49.1 cm³/mol. The van der Waals surface area contributed by atoms with E-state index in [9.17, 15) is 4.79 Å². The van der Waals surface area contributed by atoms with Gasteiger partial charge in [-0.2, -0.15) is 0 Å². The lowest BCUT2D eigenvalue weighted by atomic mass is 10.1.